The zero-order valence-corrected chi connectivity index (χ0v) is 23.7. The van der Waals surface area contributed by atoms with E-state index in [1.54, 1.807) is 36.4 Å². The van der Waals surface area contributed by atoms with E-state index in [1.165, 1.54) is 31.4 Å². The van der Waals surface area contributed by atoms with Crippen LogP contribution in [-0.2, 0) is 47.5 Å². The van der Waals surface area contributed by atoms with Crippen molar-refractivity contribution in [3.05, 3.63) is 95.6 Å². The highest BCUT2D eigenvalue weighted by Gasteiger charge is 2.54. The summed E-state index contributed by atoms with van der Waals surface area (Å²) < 4.78 is 88.4. The van der Waals surface area contributed by atoms with Gasteiger partial charge in [-0.05, 0) is 38.1 Å². The minimum atomic E-state index is -4.41. The van der Waals surface area contributed by atoms with Crippen LogP contribution in [0.2, 0.25) is 0 Å². The Bertz CT molecular complexity index is 1510. The van der Waals surface area contributed by atoms with Gasteiger partial charge in [-0.1, -0.05) is 65.7 Å². The molecule has 0 radical (unpaired) electrons. The van der Waals surface area contributed by atoms with Gasteiger partial charge in [0, 0.05) is 12.7 Å². The Morgan fingerprint density at radius 1 is 0.700 bits per heavy atom. The first kappa shape index (κ1) is 28.8. The summed E-state index contributed by atoms with van der Waals surface area (Å²) in [7, 11) is -7.52. The van der Waals surface area contributed by atoms with Crippen LogP contribution in [0.3, 0.4) is 0 Å². The molecule has 2 aliphatic heterocycles. The van der Waals surface area contributed by atoms with Gasteiger partial charge in [0.25, 0.3) is 20.2 Å². The molecule has 0 unspecified atom stereocenters. The van der Waals surface area contributed by atoms with Gasteiger partial charge < -0.3 is 18.9 Å². The third-order valence-corrected chi connectivity index (χ3v) is 9.33. The maximum absolute atomic E-state index is 13.5. The molecule has 0 bridgehead atoms. The van der Waals surface area contributed by atoms with Crippen molar-refractivity contribution in [1.29, 1.82) is 0 Å². The lowest BCUT2D eigenvalue weighted by Gasteiger charge is -2.47. The van der Waals surface area contributed by atoms with Crippen molar-refractivity contribution < 1.29 is 44.1 Å². The van der Waals surface area contributed by atoms with Gasteiger partial charge in [0.1, 0.15) is 18.3 Å². The molecular formula is C28H30O10S2. The van der Waals surface area contributed by atoms with Crippen molar-refractivity contribution in [2.75, 3.05) is 13.7 Å². The van der Waals surface area contributed by atoms with E-state index in [4.69, 9.17) is 27.3 Å². The molecule has 0 saturated carbocycles. The molecular weight excluding hydrogens is 560 g/mol. The van der Waals surface area contributed by atoms with E-state index >= 15 is 0 Å². The Labute approximate surface area is 234 Å². The van der Waals surface area contributed by atoms with E-state index in [1.807, 2.05) is 32.0 Å². The molecule has 2 aliphatic rings. The number of fused-ring (bicyclic) bond motifs is 1. The molecule has 214 valence electrons. The summed E-state index contributed by atoms with van der Waals surface area (Å²) >= 11 is 0. The topological polar surface area (TPSA) is 124 Å². The van der Waals surface area contributed by atoms with E-state index < -0.39 is 57.2 Å². The van der Waals surface area contributed by atoms with Crippen LogP contribution in [0.4, 0.5) is 0 Å². The predicted molar refractivity (Wildman–Crippen MR) is 142 cm³/mol. The van der Waals surface area contributed by atoms with Crippen LogP contribution in [0.5, 0.6) is 0 Å². The first-order valence-electron chi connectivity index (χ1n) is 12.6. The molecule has 40 heavy (non-hydrogen) atoms. The zero-order chi connectivity index (χ0) is 28.5. The SMILES string of the molecule is CO[C@@H]1O[C@H]2CO[C@H](c3ccccc3)O[C@H]2[C@H](OS(=O)(=O)c2ccc(C)cc2)[C@H]1OS(=O)(=O)c1ccc(C)cc1. The van der Waals surface area contributed by atoms with Crippen LogP contribution >= 0.6 is 0 Å². The Morgan fingerprint density at radius 2 is 1.23 bits per heavy atom. The highest BCUT2D eigenvalue weighted by atomic mass is 32.2. The van der Waals surface area contributed by atoms with Gasteiger partial charge in [0.15, 0.2) is 18.7 Å². The van der Waals surface area contributed by atoms with E-state index in [0.29, 0.717) is 5.56 Å². The summed E-state index contributed by atoms with van der Waals surface area (Å²) in [5.41, 5.74) is 2.39. The maximum Gasteiger partial charge on any atom is 0.297 e. The Hall–Kier alpha value is -2.68. The lowest BCUT2D eigenvalue weighted by molar-refractivity contribution is -0.351. The van der Waals surface area contributed by atoms with E-state index in [9.17, 15) is 16.8 Å². The molecule has 10 nitrogen and oxygen atoms in total. The van der Waals surface area contributed by atoms with Gasteiger partial charge in [-0.3, -0.25) is 8.37 Å². The molecule has 0 aliphatic carbocycles. The van der Waals surface area contributed by atoms with Crippen LogP contribution in [0.1, 0.15) is 23.0 Å². The van der Waals surface area contributed by atoms with Gasteiger partial charge in [-0.2, -0.15) is 16.8 Å². The Morgan fingerprint density at radius 3 is 1.75 bits per heavy atom. The van der Waals surface area contributed by atoms with Gasteiger partial charge in [0.05, 0.1) is 16.4 Å². The van der Waals surface area contributed by atoms with Crippen LogP contribution in [0.25, 0.3) is 0 Å². The lowest BCUT2D eigenvalue weighted by Crippen LogP contribution is -2.64. The molecule has 12 heteroatoms. The number of hydrogen-bond acceptors (Lipinski definition) is 10. The summed E-state index contributed by atoms with van der Waals surface area (Å²) in [6.07, 6.45) is -7.17. The molecule has 3 aromatic carbocycles. The van der Waals surface area contributed by atoms with Crippen molar-refractivity contribution in [2.24, 2.45) is 0 Å². The molecule has 0 spiro atoms. The second-order valence-electron chi connectivity index (χ2n) is 9.61. The normalized spacial score (nSPS) is 27.2. The smallest absolute Gasteiger partial charge is 0.297 e. The van der Waals surface area contributed by atoms with Gasteiger partial charge >= 0.3 is 0 Å². The zero-order valence-electron chi connectivity index (χ0n) is 22.1. The third kappa shape index (κ3) is 6.14. The number of hydrogen-bond donors (Lipinski definition) is 0. The minimum absolute atomic E-state index is 0.00591. The largest absolute Gasteiger partial charge is 0.353 e. The lowest BCUT2D eigenvalue weighted by atomic mass is 9.98. The summed E-state index contributed by atoms with van der Waals surface area (Å²) in [6, 6.07) is 21.2. The number of rotatable bonds is 8. The molecule has 3 aromatic rings. The molecule has 0 amide bonds. The molecule has 5 rings (SSSR count). The highest BCUT2D eigenvalue weighted by molar-refractivity contribution is 7.87. The fraction of sp³-hybridized carbons (Fsp3) is 0.357. The first-order valence-corrected chi connectivity index (χ1v) is 15.4. The standard InChI is InChI=1S/C28H30O10S2/c1-18-9-13-21(14-10-18)39(29,30)37-25-24-23(17-34-27(36-24)20-7-5-4-6-8-20)35-28(33-3)26(25)38-40(31,32)22-15-11-19(2)12-16-22/h4-16,23-28H,17H2,1-3H3/t23-,24+,25-,26+,27-,28+/m0/s1. The van der Waals surface area contributed by atoms with Crippen LogP contribution in [-0.4, -0.2) is 61.3 Å². The molecule has 2 heterocycles. The van der Waals surface area contributed by atoms with Crippen LogP contribution < -0.4 is 0 Å². The van der Waals surface area contributed by atoms with Crippen molar-refractivity contribution in [3.63, 3.8) is 0 Å². The van der Waals surface area contributed by atoms with Crippen LogP contribution in [0, 0.1) is 13.8 Å². The van der Waals surface area contributed by atoms with Gasteiger partial charge in [-0.15, -0.1) is 0 Å². The molecule has 6 atom stereocenters. The Balaban J connectivity index is 1.53. The average molecular weight is 591 g/mol. The Kier molecular flexibility index (Phi) is 8.41. The summed E-state index contributed by atoms with van der Waals surface area (Å²) in [5, 5.41) is 0. The van der Waals surface area contributed by atoms with E-state index in [2.05, 4.69) is 0 Å². The van der Waals surface area contributed by atoms with Gasteiger partial charge in [0.2, 0.25) is 0 Å². The molecule has 2 fully saturated rings. The quantitative estimate of drug-likeness (QED) is 0.359. The van der Waals surface area contributed by atoms with Gasteiger partial charge in [-0.25, -0.2) is 0 Å². The van der Waals surface area contributed by atoms with Crippen LogP contribution in [0.15, 0.2) is 88.7 Å². The second-order valence-corrected chi connectivity index (χ2v) is 12.8. The van der Waals surface area contributed by atoms with Crippen molar-refractivity contribution in [1.82, 2.24) is 0 Å². The monoisotopic (exact) mass is 590 g/mol. The van der Waals surface area contributed by atoms with Crippen molar-refractivity contribution in [2.45, 2.75) is 60.6 Å². The predicted octanol–water partition coefficient (Wildman–Crippen LogP) is 3.64. The number of benzene rings is 3. The van der Waals surface area contributed by atoms with Crippen molar-refractivity contribution >= 4 is 20.2 Å². The molecule has 0 N–H and O–H groups in total. The summed E-state index contributed by atoms with van der Waals surface area (Å²) in [5.74, 6) is 0. The maximum atomic E-state index is 13.5. The number of methoxy groups -OCH3 is 1. The number of aryl methyl sites for hydroxylation is 2. The second kappa shape index (κ2) is 11.7. The molecule has 0 aromatic heterocycles. The third-order valence-electron chi connectivity index (χ3n) is 6.68. The first-order chi connectivity index (χ1) is 19.1. The van der Waals surface area contributed by atoms with E-state index in [-0.39, 0.29) is 16.4 Å². The van der Waals surface area contributed by atoms with Crippen molar-refractivity contribution in [3.8, 4) is 0 Å². The fourth-order valence-corrected chi connectivity index (χ4v) is 6.71. The summed E-state index contributed by atoms with van der Waals surface area (Å²) in [4.78, 5) is -0.229. The average Bonchev–Trinajstić information content (AvgIpc) is 2.94. The van der Waals surface area contributed by atoms with E-state index in [0.717, 1.165) is 11.1 Å². The summed E-state index contributed by atoms with van der Waals surface area (Å²) in [6.45, 7) is 3.65. The number of ether oxygens (including phenoxy) is 4. The minimum Gasteiger partial charge on any atom is -0.353 e. The molecule has 2 saturated heterocycles. The highest BCUT2D eigenvalue weighted by Crippen LogP contribution is 2.38. The fourth-order valence-electron chi connectivity index (χ4n) is 4.54.